The molecule has 1 aromatic rings. The lowest BCUT2D eigenvalue weighted by atomic mass is 9.90. The van der Waals surface area contributed by atoms with Gasteiger partial charge in [-0.15, -0.1) is 0 Å². The summed E-state index contributed by atoms with van der Waals surface area (Å²) in [5.74, 6) is 0.979. The van der Waals surface area contributed by atoms with Gasteiger partial charge in [-0.05, 0) is 62.0 Å². The Morgan fingerprint density at radius 2 is 1.55 bits per heavy atom. The number of benzene rings is 1. The van der Waals surface area contributed by atoms with Crippen LogP contribution in [0.2, 0.25) is 0 Å². The first-order chi connectivity index (χ1) is 15.1. The number of ether oxygens (including phenoxy) is 1. The zero-order chi connectivity index (χ0) is 21.9. The molecule has 0 amide bonds. The van der Waals surface area contributed by atoms with Crippen molar-refractivity contribution >= 4 is 11.6 Å². The van der Waals surface area contributed by atoms with Crippen molar-refractivity contribution in [3.8, 4) is 0 Å². The minimum Gasteiger partial charge on any atom is -0.387 e. The Labute approximate surface area is 188 Å². The summed E-state index contributed by atoms with van der Waals surface area (Å²) < 4.78 is 5.89. The average molecular weight is 427 g/mol. The largest absolute Gasteiger partial charge is 0.387 e. The van der Waals surface area contributed by atoms with Gasteiger partial charge in [0, 0.05) is 19.6 Å². The van der Waals surface area contributed by atoms with Crippen molar-refractivity contribution in [3.63, 3.8) is 0 Å². The topological polar surface area (TPSA) is 76.2 Å². The molecule has 1 aromatic carbocycles. The van der Waals surface area contributed by atoms with Crippen molar-refractivity contribution in [3.05, 3.63) is 35.4 Å². The van der Waals surface area contributed by atoms with E-state index in [4.69, 9.17) is 15.9 Å². The van der Waals surface area contributed by atoms with E-state index >= 15 is 0 Å². The first kappa shape index (κ1) is 24.0. The lowest BCUT2D eigenvalue weighted by Gasteiger charge is -2.21. The molecule has 3 rings (SSSR count). The molecule has 0 aromatic heterocycles. The minimum absolute atomic E-state index is 0.0427. The highest BCUT2D eigenvalue weighted by atomic mass is 16.5. The molecule has 172 valence electrons. The first-order valence-corrected chi connectivity index (χ1v) is 12.6. The van der Waals surface area contributed by atoms with E-state index in [1.165, 1.54) is 76.2 Å². The number of carbonyl (C=O) groups excluding carboxylic acids is 1. The van der Waals surface area contributed by atoms with Gasteiger partial charge in [0.05, 0.1) is 5.41 Å². The Kier molecular flexibility index (Phi) is 9.57. The molecule has 4 heteroatoms. The third kappa shape index (κ3) is 7.75. The van der Waals surface area contributed by atoms with Crippen molar-refractivity contribution in [1.82, 2.24) is 0 Å². The fourth-order valence-corrected chi connectivity index (χ4v) is 4.85. The highest BCUT2D eigenvalue weighted by Gasteiger charge is 2.52. The minimum atomic E-state index is -0.639. The number of carbonyl (C=O) groups is 1. The lowest BCUT2D eigenvalue weighted by Crippen LogP contribution is -2.32. The summed E-state index contributed by atoms with van der Waals surface area (Å²) in [5, 5.41) is 7.65. The number of Topliss-reactive ketones (excluding diaryl/α,β-unsaturated/α-hetero) is 1. The number of hydrogen-bond acceptors (Lipinski definition) is 3. The van der Waals surface area contributed by atoms with Gasteiger partial charge in [0.2, 0.25) is 0 Å². The van der Waals surface area contributed by atoms with E-state index in [2.05, 4.69) is 24.3 Å². The monoisotopic (exact) mass is 426 g/mol. The molecule has 2 aliphatic carbocycles. The van der Waals surface area contributed by atoms with Crippen molar-refractivity contribution < 1.29 is 9.53 Å². The normalized spacial score (nSPS) is 18.1. The number of unbranched alkanes of at least 4 members (excludes halogenated alkanes) is 5. The number of amidine groups is 1. The Balaban J connectivity index is 1.18. The molecule has 2 aliphatic rings. The molecule has 2 fully saturated rings. The molecular weight excluding hydrogens is 384 g/mol. The maximum Gasteiger partial charge on any atom is 0.150 e. The molecule has 0 unspecified atom stereocenters. The van der Waals surface area contributed by atoms with Gasteiger partial charge < -0.3 is 10.5 Å². The quantitative estimate of drug-likeness (QED) is 0.205. The average Bonchev–Trinajstić information content (AvgIpc) is 3.59. The second-order valence-corrected chi connectivity index (χ2v) is 9.86. The van der Waals surface area contributed by atoms with Crippen molar-refractivity contribution in [1.29, 1.82) is 5.41 Å². The molecule has 0 atom stereocenters. The molecule has 31 heavy (non-hydrogen) atoms. The van der Waals surface area contributed by atoms with E-state index in [0.717, 1.165) is 44.0 Å². The molecule has 0 saturated heterocycles. The van der Waals surface area contributed by atoms with Crippen LogP contribution in [-0.2, 0) is 22.4 Å². The van der Waals surface area contributed by atoms with Crippen LogP contribution >= 0.6 is 0 Å². The third-order valence-electron chi connectivity index (χ3n) is 7.27. The van der Waals surface area contributed by atoms with Gasteiger partial charge in [-0.2, -0.15) is 0 Å². The van der Waals surface area contributed by atoms with Gasteiger partial charge in [0.15, 0.2) is 5.78 Å². The van der Waals surface area contributed by atoms with Crippen molar-refractivity contribution in [2.75, 3.05) is 13.2 Å². The number of hydrogen-bond donors (Lipinski definition) is 2. The van der Waals surface area contributed by atoms with Crippen LogP contribution in [0.4, 0.5) is 0 Å². The van der Waals surface area contributed by atoms with E-state index < -0.39 is 5.41 Å². The highest BCUT2D eigenvalue weighted by molar-refractivity contribution is 6.09. The Morgan fingerprint density at radius 3 is 2.19 bits per heavy atom. The molecule has 2 saturated carbocycles. The number of nitrogens with one attached hydrogen (secondary N) is 1. The van der Waals surface area contributed by atoms with Gasteiger partial charge in [-0.1, -0.05) is 69.2 Å². The predicted molar refractivity (Wildman–Crippen MR) is 128 cm³/mol. The molecule has 0 spiro atoms. The lowest BCUT2D eigenvalue weighted by molar-refractivity contribution is -0.121. The molecule has 0 bridgehead atoms. The Morgan fingerprint density at radius 1 is 0.935 bits per heavy atom. The summed E-state index contributed by atoms with van der Waals surface area (Å²) in [4.78, 5) is 12.4. The molecule has 4 nitrogen and oxygen atoms in total. The van der Waals surface area contributed by atoms with E-state index in [-0.39, 0.29) is 11.6 Å². The summed E-state index contributed by atoms with van der Waals surface area (Å²) in [5.41, 5.74) is 7.36. The van der Waals surface area contributed by atoms with E-state index in [9.17, 15) is 4.79 Å². The summed E-state index contributed by atoms with van der Waals surface area (Å²) in [6.07, 6.45) is 17.6. The standard InChI is InChI=1S/C27H42N2O2/c28-26(29)27(17-18-27)25(30)20-23-15-13-22(14-16-23)10-6-3-1-2-4-9-19-31-21-24-11-7-5-8-12-24/h13-16,24H,1-12,17-21H2,(H3,28,29). The summed E-state index contributed by atoms with van der Waals surface area (Å²) >= 11 is 0. The zero-order valence-corrected chi connectivity index (χ0v) is 19.3. The van der Waals surface area contributed by atoms with Crippen LogP contribution in [0.25, 0.3) is 0 Å². The third-order valence-corrected chi connectivity index (χ3v) is 7.27. The Bertz CT molecular complexity index is 688. The second kappa shape index (κ2) is 12.4. The van der Waals surface area contributed by atoms with Crippen LogP contribution in [0, 0.1) is 16.7 Å². The fraction of sp³-hybridized carbons (Fsp3) is 0.704. The van der Waals surface area contributed by atoms with Crippen molar-refractivity contribution in [2.24, 2.45) is 17.1 Å². The smallest absolute Gasteiger partial charge is 0.150 e. The van der Waals surface area contributed by atoms with Crippen molar-refractivity contribution in [2.45, 2.75) is 96.3 Å². The van der Waals surface area contributed by atoms with E-state index in [0.29, 0.717) is 6.42 Å². The molecule has 0 aliphatic heterocycles. The summed E-state index contributed by atoms with van der Waals surface area (Å²) in [7, 11) is 0. The first-order valence-electron chi connectivity index (χ1n) is 12.6. The van der Waals surface area contributed by atoms with E-state index in [1.807, 2.05) is 0 Å². The number of nitrogens with two attached hydrogens (primary N) is 1. The van der Waals surface area contributed by atoms with Gasteiger partial charge in [0.1, 0.15) is 5.84 Å². The number of aryl methyl sites for hydroxylation is 1. The maximum atomic E-state index is 12.4. The second-order valence-electron chi connectivity index (χ2n) is 9.86. The van der Waals surface area contributed by atoms with Crippen LogP contribution < -0.4 is 5.73 Å². The van der Waals surface area contributed by atoms with Crippen LogP contribution in [-0.4, -0.2) is 24.8 Å². The van der Waals surface area contributed by atoms with Crippen LogP contribution in [0.15, 0.2) is 24.3 Å². The SMILES string of the molecule is N=C(N)C1(C(=O)Cc2ccc(CCCCCCCCOCC3CCCCC3)cc2)CC1. The van der Waals surface area contributed by atoms with E-state index in [1.54, 1.807) is 0 Å². The zero-order valence-electron chi connectivity index (χ0n) is 19.3. The molecular formula is C27H42N2O2. The molecule has 0 radical (unpaired) electrons. The maximum absolute atomic E-state index is 12.4. The predicted octanol–water partition coefficient (Wildman–Crippen LogP) is 5.99. The van der Waals surface area contributed by atoms with Gasteiger partial charge in [-0.3, -0.25) is 10.2 Å². The fourth-order valence-electron chi connectivity index (χ4n) is 4.85. The summed E-state index contributed by atoms with van der Waals surface area (Å²) in [6.45, 7) is 1.93. The van der Waals surface area contributed by atoms with Crippen LogP contribution in [0.3, 0.4) is 0 Å². The summed E-state index contributed by atoms with van der Waals surface area (Å²) in [6, 6.07) is 8.44. The van der Waals surface area contributed by atoms with Gasteiger partial charge >= 0.3 is 0 Å². The van der Waals surface area contributed by atoms with Gasteiger partial charge in [0.25, 0.3) is 0 Å². The Hall–Kier alpha value is -1.68. The molecule has 3 N–H and O–H groups in total. The van der Waals surface area contributed by atoms with Gasteiger partial charge in [-0.25, -0.2) is 0 Å². The van der Waals surface area contributed by atoms with Crippen LogP contribution in [0.1, 0.15) is 94.6 Å². The molecule has 0 heterocycles. The van der Waals surface area contributed by atoms with Crippen LogP contribution in [0.5, 0.6) is 0 Å². The number of ketones is 1. The number of rotatable bonds is 15. The highest BCUT2D eigenvalue weighted by Crippen LogP contribution is 2.47.